The Labute approximate surface area is 163 Å². The number of amides is 1. The molecule has 2 heterocycles. The maximum atomic E-state index is 14.3. The van der Waals surface area contributed by atoms with Gasteiger partial charge in [0.1, 0.15) is 5.82 Å². The van der Waals surface area contributed by atoms with Crippen LogP contribution in [0.25, 0.3) is 11.4 Å². The van der Waals surface area contributed by atoms with E-state index in [4.69, 9.17) is 0 Å². The maximum absolute atomic E-state index is 14.3. The van der Waals surface area contributed by atoms with E-state index < -0.39 is 0 Å². The van der Waals surface area contributed by atoms with Crippen molar-refractivity contribution in [2.24, 2.45) is 0 Å². The number of benzene rings is 1. The SMILES string of the molecule is C[C@H](Sc1nnc(-c2ccccc2F)n1C1CC1)C(=O)N1CCCCCC1. The van der Waals surface area contributed by atoms with Gasteiger partial charge in [0.25, 0.3) is 0 Å². The fourth-order valence-electron chi connectivity index (χ4n) is 3.60. The van der Waals surface area contributed by atoms with E-state index in [9.17, 15) is 9.18 Å². The number of carbonyl (C=O) groups excluding carboxylic acids is 1. The smallest absolute Gasteiger partial charge is 0.235 e. The highest BCUT2D eigenvalue weighted by atomic mass is 32.2. The summed E-state index contributed by atoms with van der Waals surface area (Å²) < 4.78 is 16.3. The fourth-order valence-corrected chi connectivity index (χ4v) is 4.61. The van der Waals surface area contributed by atoms with Crippen molar-refractivity contribution >= 4 is 17.7 Å². The lowest BCUT2D eigenvalue weighted by molar-refractivity contribution is -0.130. The van der Waals surface area contributed by atoms with Crippen LogP contribution in [0.4, 0.5) is 4.39 Å². The molecule has 5 nitrogen and oxygen atoms in total. The molecule has 0 N–H and O–H groups in total. The van der Waals surface area contributed by atoms with Gasteiger partial charge in [0, 0.05) is 19.1 Å². The second-order valence-electron chi connectivity index (χ2n) is 7.39. The summed E-state index contributed by atoms with van der Waals surface area (Å²) in [5.74, 6) is 0.434. The van der Waals surface area contributed by atoms with Gasteiger partial charge in [-0.3, -0.25) is 9.36 Å². The van der Waals surface area contributed by atoms with E-state index in [0.29, 0.717) is 22.6 Å². The second kappa shape index (κ2) is 8.00. The minimum absolute atomic E-state index is 0.166. The number of nitrogens with zero attached hydrogens (tertiary/aromatic N) is 4. The molecule has 1 aliphatic carbocycles. The average molecular weight is 389 g/mol. The molecule has 0 radical (unpaired) electrons. The van der Waals surface area contributed by atoms with E-state index in [2.05, 4.69) is 10.2 Å². The molecule has 0 spiro atoms. The van der Waals surface area contributed by atoms with Gasteiger partial charge in [-0.2, -0.15) is 0 Å². The van der Waals surface area contributed by atoms with Gasteiger partial charge in [0.15, 0.2) is 11.0 Å². The first-order valence-electron chi connectivity index (χ1n) is 9.80. The molecule has 2 aliphatic rings. The molecular weight excluding hydrogens is 363 g/mol. The van der Waals surface area contributed by atoms with Crippen LogP contribution in [0.1, 0.15) is 51.5 Å². The van der Waals surface area contributed by atoms with Gasteiger partial charge < -0.3 is 4.90 Å². The lowest BCUT2D eigenvalue weighted by Crippen LogP contribution is -2.37. The molecule has 1 atom stereocenters. The lowest BCUT2D eigenvalue weighted by atomic mass is 10.2. The van der Waals surface area contributed by atoms with Crippen molar-refractivity contribution in [3.8, 4) is 11.4 Å². The zero-order valence-electron chi connectivity index (χ0n) is 15.6. The maximum Gasteiger partial charge on any atom is 0.235 e. The van der Waals surface area contributed by atoms with Crippen molar-refractivity contribution in [1.29, 1.82) is 0 Å². The number of halogens is 1. The lowest BCUT2D eigenvalue weighted by Gasteiger charge is -2.23. The van der Waals surface area contributed by atoms with Gasteiger partial charge in [-0.05, 0) is 44.7 Å². The topological polar surface area (TPSA) is 51.0 Å². The zero-order valence-corrected chi connectivity index (χ0v) is 16.4. The third-order valence-corrected chi connectivity index (χ3v) is 6.28. The van der Waals surface area contributed by atoms with Crippen molar-refractivity contribution in [1.82, 2.24) is 19.7 Å². The largest absolute Gasteiger partial charge is 0.342 e. The monoisotopic (exact) mass is 388 g/mol. The Morgan fingerprint density at radius 1 is 1.15 bits per heavy atom. The molecular formula is C20H25FN4OS. The summed E-state index contributed by atoms with van der Waals surface area (Å²) in [6, 6.07) is 6.96. The number of hydrogen-bond acceptors (Lipinski definition) is 4. The van der Waals surface area contributed by atoms with E-state index in [1.807, 2.05) is 22.5 Å². The minimum Gasteiger partial charge on any atom is -0.342 e. The van der Waals surface area contributed by atoms with Crippen LogP contribution in [0.5, 0.6) is 0 Å². The number of hydrogen-bond donors (Lipinski definition) is 0. The van der Waals surface area contributed by atoms with Crippen LogP contribution in [-0.2, 0) is 4.79 Å². The van der Waals surface area contributed by atoms with Crippen LogP contribution in [0.2, 0.25) is 0 Å². The molecule has 1 aromatic carbocycles. The van der Waals surface area contributed by atoms with Gasteiger partial charge in [0.2, 0.25) is 5.91 Å². The standard InChI is InChI=1S/C20H25FN4OS/c1-14(19(26)24-12-6-2-3-7-13-24)27-20-23-22-18(25(20)15-10-11-15)16-8-4-5-9-17(16)21/h4-5,8-9,14-15H,2-3,6-7,10-13H2,1H3/t14-/m0/s1. The highest BCUT2D eigenvalue weighted by Crippen LogP contribution is 2.42. The molecule has 1 aromatic heterocycles. The van der Waals surface area contributed by atoms with Crippen molar-refractivity contribution in [3.63, 3.8) is 0 Å². The van der Waals surface area contributed by atoms with Crippen LogP contribution in [0, 0.1) is 5.82 Å². The van der Waals surface area contributed by atoms with Gasteiger partial charge in [0.05, 0.1) is 10.8 Å². The summed E-state index contributed by atoms with van der Waals surface area (Å²) >= 11 is 1.44. The predicted molar refractivity (Wildman–Crippen MR) is 104 cm³/mol. The zero-order chi connectivity index (χ0) is 18.8. The van der Waals surface area contributed by atoms with E-state index in [-0.39, 0.29) is 17.0 Å². The summed E-state index contributed by atoms with van der Waals surface area (Å²) in [5, 5.41) is 9.09. The van der Waals surface area contributed by atoms with E-state index in [1.54, 1.807) is 12.1 Å². The number of aromatic nitrogens is 3. The highest BCUT2D eigenvalue weighted by molar-refractivity contribution is 8.00. The van der Waals surface area contributed by atoms with Crippen LogP contribution in [0.15, 0.2) is 29.4 Å². The molecule has 1 saturated heterocycles. The molecule has 0 unspecified atom stereocenters. The van der Waals surface area contributed by atoms with Crippen LogP contribution < -0.4 is 0 Å². The molecule has 1 saturated carbocycles. The number of rotatable bonds is 5. The van der Waals surface area contributed by atoms with Gasteiger partial charge >= 0.3 is 0 Å². The Bertz CT molecular complexity index is 812. The molecule has 144 valence electrons. The Balaban J connectivity index is 1.55. The molecule has 1 amide bonds. The van der Waals surface area contributed by atoms with E-state index in [0.717, 1.165) is 38.8 Å². The Morgan fingerprint density at radius 2 is 1.85 bits per heavy atom. The van der Waals surface area contributed by atoms with Crippen LogP contribution >= 0.6 is 11.8 Å². The first kappa shape index (κ1) is 18.5. The summed E-state index contributed by atoms with van der Waals surface area (Å²) in [6.45, 7) is 3.63. The summed E-state index contributed by atoms with van der Waals surface area (Å²) in [7, 11) is 0. The molecule has 7 heteroatoms. The Kier molecular flexibility index (Phi) is 5.48. The quantitative estimate of drug-likeness (QED) is 0.717. The van der Waals surface area contributed by atoms with Crippen molar-refractivity contribution in [2.45, 2.75) is 61.9 Å². The van der Waals surface area contributed by atoms with Crippen molar-refractivity contribution < 1.29 is 9.18 Å². The molecule has 4 rings (SSSR count). The summed E-state index contributed by atoms with van der Waals surface area (Å²) in [4.78, 5) is 14.9. The number of thioether (sulfide) groups is 1. The van der Waals surface area contributed by atoms with Crippen molar-refractivity contribution in [3.05, 3.63) is 30.1 Å². The van der Waals surface area contributed by atoms with E-state index in [1.165, 1.54) is 30.7 Å². The first-order valence-corrected chi connectivity index (χ1v) is 10.7. The second-order valence-corrected chi connectivity index (χ2v) is 8.69. The molecule has 0 bridgehead atoms. The van der Waals surface area contributed by atoms with Crippen molar-refractivity contribution in [2.75, 3.05) is 13.1 Å². The highest BCUT2D eigenvalue weighted by Gasteiger charge is 2.33. The third kappa shape index (κ3) is 4.03. The van der Waals surface area contributed by atoms with Gasteiger partial charge in [-0.1, -0.05) is 36.7 Å². The van der Waals surface area contributed by atoms with Gasteiger partial charge in [-0.25, -0.2) is 4.39 Å². The first-order chi connectivity index (χ1) is 13.1. The Morgan fingerprint density at radius 3 is 2.52 bits per heavy atom. The average Bonchev–Trinajstić information content (AvgIpc) is 3.47. The number of likely N-dealkylation sites (tertiary alicyclic amines) is 1. The fraction of sp³-hybridized carbons (Fsp3) is 0.550. The molecule has 2 aromatic rings. The molecule has 1 aliphatic heterocycles. The van der Waals surface area contributed by atoms with Crippen LogP contribution in [0.3, 0.4) is 0 Å². The number of carbonyl (C=O) groups is 1. The summed E-state index contributed by atoms with van der Waals surface area (Å²) in [6.07, 6.45) is 6.65. The van der Waals surface area contributed by atoms with Gasteiger partial charge in [-0.15, -0.1) is 10.2 Å². The Hall–Kier alpha value is -1.89. The molecule has 2 fully saturated rings. The summed E-state index contributed by atoms with van der Waals surface area (Å²) in [5.41, 5.74) is 0.468. The minimum atomic E-state index is -0.294. The molecule has 27 heavy (non-hydrogen) atoms. The van der Waals surface area contributed by atoms with E-state index >= 15 is 0 Å². The van der Waals surface area contributed by atoms with Crippen LogP contribution in [-0.4, -0.2) is 43.9 Å². The third-order valence-electron chi connectivity index (χ3n) is 5.24. The predicted octanol–water partition coefficient (Wildman–Crippen LogP) is 4.30. The normalized spacial score (nSPS) is 19.0.